The van der Waals surface area contributed by atoms with E-state index in [2.05, 4.69) is 9.98 Å². The van der Waals surface area contributed by atoms with Crippen LogP contribution >= 0.6 is 11.6 Å². The summed E-state index contributed by atoms with van der Waals surface area (Å²) in [5.41, 5.74) is 4.29. The van der Waals surface area contributed by atoms with Crippen molar-refractivity contribution in [2.45, 2.75) is 6.92 Å². The number of phenolic OH excluding ortho intramolecular Hbond substituents is 2. The zero-order chi connectivity index (χ0) is 19.0. The molecule has 6 heteroatoms. The fourth-order valence-corrected chi connectivity index (χ4v) is 2.89. The molecule has 1 aromatic heterocycles. The van der Waals surface area contributed by atoms with E-state index in [-0.39, 0.29) is 11.5 Å². The van der Waals surface area contributed by atoms with Gasteiger partial charge in [-0.15, -0.1) is 0 Å². The van der Waals surface area contributed by atoms with E-state index in [4.69, 9.17) is 16.0 Å². The lowest BCUT2D eigenvalue weighted by Gasteiger charge is -2.02. The minimum Gasteiger partial charge on any atom is -0.508 e. The maximum atomic E-state index is 9.85. The van der Waals surface area contributed by atoms with Gasteiger partial charge in [-0.3, -0.25) is 4.99 Å². The molecule has 0 atom stereocenters. The molecule has 0 saturated carbocycles. The third-order valence-corrected chi connectivity index (χ3v) is 4.42. The molecule has 0 amide bonds. The Hall–Kier alpha value is -3.31. The molecule has 0 bridgehead atoms. The number of hydrogen-bond donors (Lipinski definition) is 2. The summed E-state index contributed by atoms with van der Waals surface area (Å²) in [6.07, 6.45) is 1.51. The first-order valence-electron chi connectivity index (χ1n) is 8.23. The molecule has 5 nitrogen and oxygen atoms in total. The summed E-state index contributed by atoms with van der Waals surface area (Å²) in [5.74, 6) is 0.358. The molecule has 2 N–H and O–H groups in total. The Kier molecular flexibility index (Phi) is 4.30. The Bertz CT molecular complexity index is 1180. The van der Waals surface area contributed by atoms with Gasteiger partial charge in [-0.05, 0) is 55.0 Å². The summed E-state index contributed by atoms with van der Waals surface area (Å²) in [7, 11) is 0. The van der Waals surface area contributed by atoms with Gasteiger partial charge in [0.15, 0.2) is 5.58 Å². The lowest BCUT2D eigenvalue weighted by atomic mass is 10.2. The molecule has 0 spiro atoms. The number of benzene rings is 3. The second kappa shape index (κ2) is 6.78. The third kappa shape index (κ3) is 3.50. The number of halogens is 1. The highest BCUT2D eigenvalue weighted by Crippen LogP contribution is 2.33. The van der Waals surface area contributed by atoms with Crippen molar-refractivity contribution in [3.05, 3.63) is 70.7 Å². The quantitative estimate of drug-likeness (QED) is 0.453. The zero-order valence-corrected chi connectivity index (χ0v) is 15.1. The third-order valence-electron chi connectivity index (χ3n) is 4.09. The molecule has 27 heavy (non-hydrogen) atoms. The van der Waals surface area contributed by atoms with E-state index >= 15 is 0 Å². The van der Waals surface area contributed by atoms with Crippen LogP contribution in [0.3, 0.4) is 0 Å². The van der Waals surface area contributed by atoms with Crippen molar-refractivity contribution in [3.63, 3.8) is 0 Å². The predicted octanol–water partition coefficient (Wildman–Crippen LogP) is 5.62. The maximum absolute atomic E-state index is 9.85. The molecule has 4 rings (SSSR count). The first kappa shape index (κ1) is 17.1. The van der Waals surface area contributed by atoms with Gasteiger partial charge in [0.05, 0.1) is 16.3 Å². The SMILES string of the molecule is Cc1ccc2nc(-c3cc(N=Cc4ccc(O)cc4O)ccc3Cl)oc2c1. The molecule has 1 heterocycles. The van der Waals surface area contributed by atoms with Crippen LogP contribution in [0.5, 0.6) is 11.5 Å². The van der Waals surface area contributed by atoms with Crippen molar-refractivity contribution in [3.8, 4) is 23.0 Å². The number of hydrogen-bond acceptors (Lipinski definition) is 5. The maximum Gasteiger partial charge on any atom is 0.228 e. The van der Waals surface area contributed by atoms with E-state index in [1.807, 2.05) is 25.1 Å². The normalized spacial score (nSPS) is 11.5. The van der Waals surface area contributed by atoms with Crippen molar-refractivity contribution >= 4 is 34.6 Å². The number of aromatic hydroxyl groups is 2. The van der Waals surface area contributed by atoms with E-state index in [0.717, 1.165) is 11.1 Å². The number of rotatable bonds is 3. The molecule has 4 aromatic rings. The molecule has 0 aliphatic rings. The Morgan fingerprint density at radius 3 is 2.70 bits per heavy atom. The number of aryl methyl sites for hydroxylation is 1. The highest BCUT2D eigenvalue weighted by molar-refractivity contribution is 6.33. The summed E-state index contributed by atoms with van der Waals surface area (Å²) in [5, 5.41) is 19.7. The molecular formula is C21H15ClN2O3. The van der Waals surface area contributed by atoms with Crippen molar-refractivity contribution in [2.24, 2.45) is 4.99 Å². The van der Waals surface area contributed by atoms with E-state index < -0.39 is 0 Å². The van der Waals surface area contributed by atoms with Gasteiger partial charge in [0.25, 0.3) is 0 Å². The lowest BCUT2D eigenvalue weighted by molar-refractivity contribution is 0.450. The molecule has 3 aromatic carbocycles. The van der Waals surface area contributed by atoms with Gasteiger partial charge in [0, 0.05) is 17.8 Å². The molecule has 0 radical (unpaired) electrons. The largest absolute Gasteiger partial charge is 0.508 e. The zero-order valence-electron chi connectivity index (χ0n) is 14.3. The van der Waals surface area contributed by atoms with Gasteiger partial charge in [0.1, 0.15) is 17.0 Å². The second-order valence-electron chi connectivity index (χ2n) is 6.16. The lowest BCUT2D eigenvalue weighted by Crippen LogP contribution is -1.83. The smallest absolute Gasteiger partial charge is 0.228 e. The van der Waals surface area contributed by atoms with Crippen molar-refractivity contribution in [1.29, 1.82) is 0 Å². The summed E-state index contributed by atoms with van der Waals surface area (Å²) in [4.78, 5) is 8.86. The molecule has 0 aliphatic heterocycles. The van der Waals surface area contributed by atoms with Crippen LogP contribution in [0.15, 0.2) is 64.0 Å². The standard InChI is InChI=1S/C21H15ClN2O3/c1-12-2-7-18-20(8-12)27-21(24-18)16-9-14(4-6-17(16)22)23-11-13-3-5-15(25)10-19(13)26/h2-11,25-26H,1H3. The van der Waals surface area contributed by atoms with E-state index in [1.165, 1.54) is 18.3 Å². The van der Waals surface area contributed by atoms with E-state index in [1.54, 1.807) is 24.3 Å². The molecule has 134 valence electrons. The Morgan fingerprint density at radius 2 is 1.89 bits per heavy atom. The van der Waals surface area contributed by atoms with Gasteiger partial charge in [-0.2, -0.15) is 0 Å². The first-order chi connectivity index (χ1) is 13.0. The van der Waals surface area contributed by atoms with Crippen LogP contribution in [-0.2, 0) is 0 Å². The number of nitrogens with zero attached hydrogens (tertiary/aromatic N) is 2. The molecule has 0 fully saturated rings. The van der Waals surface area contributed by atoms with Crippen LogP contribution in [0, 0.1) is 6.92 Å². The number of fused-ring (bicyclic) bond motifs is 1. The van der Waals surface area contributed by atoms with Crippen LogP contribution in [-0.4, -0.2) is 21.4 Å². The van der Waals surface area contributed by atoms with Gasteiger partial charge in [0.2, 0.25) is 5.89 Å². The Labute approximate surface area is 160 Å². The summed E-state index contributed by atoms with van der Waals surface area (Å²) in [6, 6.07) is 15.4. The Balaban J connectivity index is 1.71. The topological polar surface area (TPSA) is 78.9 Å². The molecule has 0 saturated heterocycles. The monoisotopic (exact) mass is 378 g/mol. The predicted molar refractivity (Wildman–Crippen MR) is 106 cm³/mol. The van der Waals surface area contributed by atoms with Crippen LogP contribution in [0.1, 0.15) is 11.1 Å². The number of aliphatic imine (C=N–C) groups is 1. The van der Waals surface area contributed by atoms with E-state index in [0.29, 0.717) is 33.3 Å². The fraction of sp³-hybridized carbons (Fsp3) is 0.0476. The van der Waals surface area contributed by atoms with Crippen molar-refractivity contribution < 1.29 is 14.6 Å². The van der Waals surface area contributed by atoms with Gasteiger partial charge in [-0.1, -0.05) is 17.7 Å². The van der Waals surface area contributed by atoms with Crippen molar-refractivity contribution in [1.82, 2.24) is 4.98 Å². The highest BCUT2D eigenvalue weighted by atomic mass is 35.5. The minimum absolute atomic E-state index is 0.00961. The summed E-state index contributed by atoms with van der Waals surface area (Å²) in [6.45, 7) is 1.99. The Morgan fingerprint density at radius 1 is 1.04 bits per heavy atom. The number of aromatic nitrogens is 1. The van der Waals surface area contributed by atoms with Gasteiger partial charge in [-0.25, -0.2) is 4.98 Å². The van der Waals surface area contributed by atoms with Gasteiger partial charge >= 0.3 is 0 Å². The number of phenols is 2. The highest BCUT2D eigenvalue weighted by Gasteiger charge is 2.12. The van der Waals surface area contributed by atoms with Crippen LogP contribution < -0.4 is 0 Å². The van der Waals surface area contributed by atoms with Crippen molar-refractivity contribution in [2.75, 3.05) is 0 Å². The summed E-state index contributed by atoms with van der Waals surface area (Å²) >= 11 is 6.33. The molecule has 0 aliphatic carbocycles. The summed E-state index contributed by atoms with van der Waals surface area (Å²) < 4.78 is 5.85. The second-order valence-corrected chi connectivity index (χ2v) is 6.56. The number of oxazole rings is 1. The minimum atomic E-state index is -0.0535. The van der Waals surface area contributed by atoms with Crippen LogP contribution in [0.2, 0.25) is 5.02 Å². The average Bonchev–Trinajstić information content (AvgIpc) is 3.05. The van der Waals surface area contributed by atoms with Crippen LogP contribution in [0.25, 0.3) is 22.6 Å². The average molecular weight is 379 g/mol. The fourth-order valence-electron chi connectivity index (χ4n) is 2.69. The van der Waals surface area contributed by atoms with Crippen LogP contribution in [0.4, 0.5) is 5.69 Å². The molecule has 0 unspecified atom stereocenters. The van der Waals surface area contributed by atoms with E-state index in [9.17, 15) is 10.2 Å². The first-order valence-corrected chi connectivity index (χ1v) is 8.60. The molecular weight excluding hydrogens is 364 g/mol. The van der Waals surface area contributed by atoms with Gasteiger partial charge < -0.3 is 14.6 Å².